The molecule has 0 bridgehead atoms. The molecule has 1 N–H and O–H groups in total. The molecule has 0 radical (unpaired) electrons. The summed E-state index contributed by atoms with van der Waals surface area (Å²) in [6.07, 6.45) is 0.659. The Morgan fingerprint density at radius 1 is 0.933 bits per heavy atom. The second kappa shape index (κ2) is 9.42. The molecular formula is C25H21ClN2O2. The Hall–Kier alpha value is -3.37. The molecule has 0 aliphatic rings. The van der Waals surface area contributed by atoms with Gasteiger partial charge in [0, 0.05) is 23.0 Å². The zero-order chi connectivity index (χ0) is 20.8. The standard InChI is InChI=1S/C25H21ClN2O2/c26-22-12-6-4-10-19(22)14-15-27-25(29)21-16-24(28-23-13-7-5-11-20(21)23)30-17-18-8-2-1-3-9-18/h1-13,16H,14-15,17H2,(H,27,29). The van der Waals surface area contributed by atoms with Gasteiger partial charge in [-0.25, -0.2) is 4.98 Å². The highest BCUT2D eigenvalue weighted by molar-refractivity contribution is 6.31. The summed E-state index contributed by atoms with van der Waals surface area (Å²) in [5.41, 5.74) is 3.31. The van der Waals surface area contributed by atoms with Crippen molar-refractivity contribution in [1.82, 2.24) is 10.3 Å². The van der Waals surface area contributed by atoms with Crippen molar-refractivity contribution in [3.8, 4) is 5.88 Å². The number of para-hydroxylation sites is 1. The minimum absolute atomic E-state index is 0.162. The maximum absolute atomic E-state index is 12.9. The zero-order valence-corrected chi connectivity index (χ0v) is 17.1. The molecular weight excluding hydrogens is 396 g/mol. The van der Waals surface area contributed by atoms with Crippen molar-refractivity contribution < 1.29 is 9.53 Å². The van der Waals surface area contributed by atoms with Crippen LogP contribution >= 0.6 is 11.6 Å². The first-order valence-corrected chi connectivity index (χ1v) is 10.2. The maximum atomic E-state index is 12.9. The van der Waals surface area contributed by atoms with Crippen molar-refractivity contribution in [2.75, 3.05) is 6.54 Å². The van der Waals surface area contributed by atoms with E-state index in [4.69, 9.17) is 16.3 Å². The highest BCUT2D eigenvalue weighted by Gasteiger charge is 2.14. The van der Waals surface area contributed by atoms with Crippen LogP contribution in [0.1, 0.15) is 21.5 Å². The van der Waals surface area contributed by atoms with Crippen LogP contribution in [0.2, 0.25) is 5.02 Å². The summed E-state index contributed by atoms with van der Waals surface area (Å²) in [7, 11) is 0. The summed E-state index contributed by atoms with van der Waals surface area (Å²) in [4.78, 5) is 17.5. The van der Waals surface area contributed by atoms with Gasteiger partial charge in [-0.15, -0.1) is 0 Å². The topological polar surface area (TPSA) is 51.2 Å². The number of carbonyl (C=O) groups is 1. The summed E-state index contributed by atoms with van der Waals surface area (Å²) in [6, 6.07) is 26.8. The lowest BCUT2D eigenvalue weighted by molar-refractivity contribution is 0.0955. The van der Waals surface area contributed by atoms with E-state index < -0.39 is 0 Å². The lowest BCUT2D eigenvalue weighted by Crippen LogP contribution is -2.26. The average Bonchev–Trinajstić information content (AvgIpc) is 2.79. The van der Waals surface area contributed by atoms with Crippen molar-refractivity contribution in [1.29, 1.82) is 0 Å². The molecule has 4 nitrogen and oxygen atoms in total. The van der Waals surface area contributed by atoms with Crippen LogP contribution in [0.5, 0.6) is 5.88 Å². The largest absolute Gasteiger partial charge is 0.473 e. The van der Waals surface area contributed by atoms with Crippen molar-refractivity contribution in [2.24, 2.45) is 0 Å². The Bertz CT molecular complexity index is 1160. The predicted octanol–water partition coefficient (Wildman–Crippen LogP) is 5.44. The fraction of sp³-hybridized carbons (Fsp3) is 0.120. The lowest BCUT2D eigenvalue weighted by Gasteiger charge is -2.12. The Labute approximate surface area is 180 Å². The molecule has 0 saturated heterocycles. The van der Waals surface area contributed by atoms with E-state index in [1.165, 1.54) is 0 Å². The van der Waals surface area contributed by atoms with Gasteiger partial charge in [-0.3, -0.25) is 4.79 Å². The summed E-state index contributed by atoms with van der Waals surface area (Å²) in [6.45, 7) is 0.874. The average molecular weight is 417 g/mol. The molecule has 4 rings (SSSR count). The van der Waals surface area contributed by atoms with Gasteiger partial charge < -0.3 is 10.1 Å². The Kier molecular flexibility index (Phi) is 6.26. The molecule has 0 fully saturated rings. The van der Waals surface area contributed by atoms with Crippen molar-refractivity contribution in [3.63, 3.8) is 0 Å². The quantitative estimate of drug-likeness (QED) is 0.436. The summed E-state index contributed by atoms with van der Waals surface area (Å²) < 4.78 is 5.87. The highest BCUT2D eigenvalue weighted by Crippen LogP contribution is 2.23. The van der Waals surface area contributed by atoms with Crippen LogP contribution in [-0.2, 0) is 13.0 Å². The number of ether oxygens (including phenoxy) is 1. The molecule has 0 aliphatic carbocycles. The fourth-order valence-electron chi connectivity index (χ4n) is 3.25. The molecule has 1 amide bonds. The number of nitrogens with zero attached hydrogens (tertiary/aromatic N) is 1. The minimum atomic E-state index is -0.162. The summed E-state index contributed by atoms with van der Waals surface area (Å²) in [5, 5.41) is 4.48. The number of hydrogen-bond donors (Lipinski definition) is 1. The maximum Gasteiger partial charge on any atom is 0.252 e. The number of pyridine rings is 1. The smallest absolute Gasteiger partial charge is 0.252 e. The first kappa shape index (κ1) is 19.9. The van der Waals surface area contributed by atoms with Crippen molar-refractivity contribution in [3.05, 3.63) is 107 Å². The molecule has 0 aliphatic heterocycles. The third-order valence-corrected chi connectivity index (χ3v) is 5.17. The number of halogens is 1. The number of hydrogen-bond acceptors (Lipinski definition) is 3. The first-order valence-electron chi connectivity index (χ1n) is 9.79. The molecule has 30 heavy (non-hydrogen) atoms. The number of fused-ring (bicyclic) bond motifs is 1. The summed E-state index contributed by atoms with van der Waals surface area (Å²) in [5.74, 6) is 0.263. The third kappa shape index (κ3) is 4.78. The molecule has 0 spiro atoms. The van der Waals surface area contributed by atoms with E-state index in [1.807, 2.05) is 78.9 Å². The van der Waals surface area contributed by atoms with Crippen LogP contribution in [0, 0.1) is 0 Å². The fourth-order valence-corrected chi connectivity index (χ4v) is 3.48. The highest BCUT2D eigenvalue weighted by atomic mass is 35.5. The van der Waals surface area contributed by atoms with Gasteiger partial charge in [0.2, 0.25) is 5.88 Å². The second-order valence-electron chi connectivity index (χ2n) is 6.90. The van der Waals surface area contributed by atoms with Crippen molar-refractivity contribution >= 4 is 28.4 Å². The SMILES string of the molecule is O=C(NCCc1ccccc1Cl)c1cc(OCc2ccccc2)nc2ccccc12. The Morgan fingerprint density at radius 3 is 2.50 bits per heavy atom. The molecule has 4 aromatic rings. The van der Waals surface area contributed by atoms with Gasteiger partial charge in [0.25, 0.3) is 5.91 Å². The number of nitrogens with one attached hydrogen (secondary N) is 1. The van der Waals surface area contributed by atoms with E-state index in [-0.39, 0.29) is 5.91 Å². The van der Waals surface area contributed by atoms with Crippen molar-refractivity contribution in [2.45, 2.75) is 13.0 Å². The molecule has 0 saturated carbocycles. The van der Waals surface area contributed by atoms with E-state index >= 15 is 0 Å². The molecule has 0 atom stereocenters. The third-order valence-electron chi connectivity index (χ3n) is 4.80. The van der Waals surface area contributed by atoms with E-state index in [9.17, 15) is 4.79 Å². The molecule has 1 aromatic heterocycles. The second-order valence-corrected chi connectivity index (χ2v) is 7.30. The van der Waals surface area contributed by atoms with Crippen LogP contribution in [0.25, 0.3) is 10.9 Å². The van der Waals surface area contributed by atoms with Crippen LogP contribution < -0.4 is 10.1 Å². The van der Waals surface area contributed by atoms with Gasteiger partial charge in [-0.05, 0) is 29.7 Å². The molecule has 0 unspecified atom stereocenters. The van der Waals surface area contributed by atoms with Gasteiger partial charge >= 0.3 is 0 Å². The van der Waals surface area contributed by atoms with E-state index in [2.05, 4.69) is 10.3 Å². The van der Waals surface area contributed by atoms with Crippen LogP contribution in [0.15, 0.2) is 84.9 Å². The number of carbonyl (C=O) groups excluding carboxylic acids is 1. The van der Waals surface area contributed by atoms with E-state index in [1.54, 1.807) is 6.07 Å². The number of aromatic nitrogens is 1. The van der Waals surface area contributed by atoms with Crippen LogP contribution in [0.3, 0.4) is 0 Å². The minimum Gasteiger partial charge on any atom is -0.473 e. The van der Waals surface area contributed by atoms with Gasteiger partial charge in [-0.2, -0.15) is 0 Å². The number of amides is 1. The number of rotatable bonds is 7. The van der Waals surface area contributed by atoms with Crippen LogP contribution in [0.4, 0.5) is 0 Å². The van der Waals surface area contributed by atoms with E-state index in [0.29, 0.717) is 36.0 Å². The Balaban J connectivity index is 1.51. The molecule has 1 heterocycles. The van der Waals surface area contributed by atoms with Crippen LogP contribution in [-0.4, -0.2) is 17.4 Å². The molecule has 150 valence electrons. The molecule has 3 aromatic carbocycles. The van der Waals surface area contributed by atoms with Gasteiger partial charge in [-0.1, -0.05) is 78.3 Å². The zero-order valence-electron chi connectivity index (χ0n) is 16.3. The van der Waals surface area contributed by atoms with Gasteiger partial charge in [0.15, 0.2) is 0 Å². The summed E-state index contributed by atoms with van der Waals surface area (Å²) >= 11 is 6.20. The normalized spacial score (nSPS) is 10.7. The monoisotopic (exact) mass is 416 g/mol. The van der Waals surface area contributed by atoms with Gasteiger partial charge in [0.05, 0.1) is 11.1 Å². The van der Waals surface area contributed by atoms with Gasteiger partial charge in [0.1, 0.15) is 6.61 Å². The van der Waals surface area contributed by atoms with E-state index in [0.717, 1.165) is 22.0 Å². The number of benzene rings is 3. The lowest BCUT2D eigenvalue weighted by atomic mass is 10.1. The Morgan fingerprint density at radius 2 is 1.67 bits per heavy atom. The molecule has 5 heteroatoms. The first-order chi connectivity index (χ1) is 14.7. The predicted molar refractivity (Wildman–Crippen MR) is 120 cm³/mol.